The molecule has 2 heterocycles. The number of hydrogen-bond donors (Lipinski definition) is 2. The van der Waals surface area contributed by atoms with E-state index in [4.69, 9.17) is 10.2 Å². The van der Waals surface area contributed by atoms with Crippen molar-refractivity contribution in [2.45, 2.75) is 12.5 Å². The highest BCUT2D eigenvalue weighted by Gasteiger charge is 2.25. The number of nitrogens with two attached hydrogens (primary N) is 1. The summed E-state index contributed by atoms with van der Waals surface area (Å²) in [5, 5.41) is 0. The van der Waals surface area contributed by atoms with Gasteiger partial charge in [0.25, 0.3) is 0 Å². The molecule has 0 bridgehead atoms. The maximum Gasteiger partial charge on any atom is 0.417 e. The maximum atomic E-state index is 11.2. The predicted octanol–water partition coefficient (Wildman–Crippen LogP) is 0.844. The van der Waals surface area contributed by atoms with Gasteiger partial charge in [0.05, 0.1) is 16.9 Å². The van der Waals surface area contributed by atoms with Crippen LogP contribution < -0.4 is 16.4 Å². The second kappa shape index (κ2) is 4.31. The molecule has 0 spiro atoms. The number of nitrogens with zero attached hydrogens (tertiary/aromatic N) is 2. The van der Waals surface area contributed by atoms with Crippen LogP contribution in [0.2, 0.25) is 0 Å². The first-order valence-corrected chi connectivity index (χ1v) is 6.38. The molecule has 19 heavy (non-hydrogen) atoms. The van der Waals surface area contributed by atoms with Gasteiger partial charge in [-0.3, -0.25) is 4.98 Å². The van der Waals surface area contributed by atoms with Gasteiger partial charge in [-0.1, -0.05) is 0 Å². The van der Waals surface area contributed by atoms with Crippen LogP contribution in [-0.4, -0.2) is 43.1 Å². The smallest absolute Gasteiger partial charge is 0.408 e. The van der Waals surface area contributed by atoms with Crippen LogP contribution in [0.3, 0.4) is 0 Å². The number of rotatable bonds is 2. The summed E-state index contributed by atoms with van der Waals surface area (Å²) in [7, 11) is 4.18. The highest BCUT2D eigenvalue weighted by Crippen LogP contribution is 2.31. The van der Waals surface area contributed by atoms with Gasteiger partial charge in [-0.05, 0) is 26.6 Å². The zero-order valence-electron chi connectivity index (χ0n) is 11.1. The number of anilines is 2. The molecule has 0 amide bonds. The molecule has 1 aromatic carbocycles. The van der Waals surface area contributed by atoms with Gasteiger partial charge in [0.2, 0.25) is 0 Å². The Bertz CT molecular complexity index is 658. The van der Waals surface area contributed by atoms with Crippen LogP contribution in [0.4, 0.5) is 11.4 Å². The molecule has 1 aromatic heterocycles. The zero-order valence-corrected chi connectivity index (χ0v) is 11.1. The highest BCUT2D eigenvalue weighted by molar-refractivity contribution is 5.85. The molecule has 1 saturated heterocycles. The van der Waals surface area contributed by atoms with E-state index in [0.717, 1.165) is 25.2 Å². The highest BCUT2D eigenvalue weighted by atomic mass is 16.4. The van der Waals surface area contributed by atoms with Crippen LogP contribution in [0.25, 0.3) is 11.1 Å². The molecular weight excluding hydrogens is 244 g/mol. The minimum atomic E-state index is -0.445. The largest absolute Gasteiger partial charge is 0.417 e. The minimum Gasteiger partial charge on any atom is -0.408 e. The average molecular weight is 262 g/mol. The van der Waals surface area contributed by atoms with Crippen molar-refractivity contribution in [1.29, 1.82) is 0 Å². The molecule has 0 aliphatic carbocycles. The molecule has 3 rings (SSSR count). The first-order chi connectivity index (χ1) is 9.04. The normalized spacial score (nSPS) is 19.7. The molecule has 6 heteroatoms. The van der Waals surface area contributed by atoms with Crippen molar-refractivity contribution < 1.29 is 4.42 Å². The number of aromatic amines is 1. The topological polar surface area (TPSA) is 78.5 Å². The molecule has 1 atom stereocenters. The lowest BCUT2D eigenvalue weighted by Crippen LogP contribution is -2.31. The summed E-state index contributed by atoms with van der Waals surface area (Å²) in [6.07, 6.45) is 1.12. The van der Waals surface area contributed by atoms with Gasteiger partial charge >= 0.3 is 5.76 Å². The van der Waals surface area contributed by atoms with Crippen molar-refractivity contribution in [2.75, 3.05) is 37.8 Å². The standard InChI is InChI=1S/C13H18N4O2/c1-16(2)8-3-4-17(7-8)11-6-10-12(5-9(11)14)19-13(18)15-10/h5-6,8H,3-4,7,14H2,1-2H3,(H,15,18). The Balaban J connectivity index is 1.96. The number of benzene rings is 1. The van der Waals surface area contributed by atoms with Gasteiger partial charge in [0.1, 0.15) is 0 Å². The molecule has 1 aliphatic heterocycles. The number of nitrogens with one attached hydrogen (secondary N) is 1. The molecule has 1 aliphatic rings. The first-order valence-electron chi connectivity index (χ1n) is 6.38. The van der Waals surface area contributed by atoms with E-state index < -0.39 is 5.76 Å². The monoisotopic (exact) mass is 262 g/mol. The van der Waals surface area contributed by atoms with E-state index in [9.17, 15) is 4.79 Å². The van der Waals surface area contributed by atoms with Crippen molar-refractivity contribution in [1.82, 2.24) is 9.88 Å². The Morgan fingerprint density at radius 1 is 1.47 bits per heavy atom. The molecular formula is C13H18N4O2. The molecule has 2 aromatic rings. The number of oxazole rings is 1. The fourth-order valence-electron chi connectivity index (χ4n) is 2.66. The van der Waals surface area contributed by atoms with E-state index in [-0.39, 0.29) is 0 Å². The summed E-state index contributed by atoms with van der Waals surface area (Å²) in [6, 6.07) is 4.15. The van der Waals surface area contributed by atoms with Crippen LogP contribution in [0, 0.1) is 0 Å². The van der Waals surface area contributed by atoms with Crippen LogP contribution in [0.15, 0.2) is 21.3 Å². The SMILES string of the molecule is CN(C)C1CCN(c2cc3[nH]c(=O)oc3cc2N)C1. The van der Waals surface area contributed by atoms with E-state index in [0.29, 0.717) is 22.8 Å². The predicted molar refractivity (Wildman–Crippen MR) is 75.6 cm³/mol. The lowest BCUT2D eigenvalue weighted by molar-refractivity contribution is 0.315. The molecule has 1 fully saturated rings. The number of hydrogen-bond acceptors (Lipinski definition) is 5. The molecule has 1 unspecified atom stereocenters. The Hall–Kier alpha value is -1.95. The first kappa shape index (κ1) is 12.1. The average Bonchev–Trinajstić information content (AvgIpc) is 2.92. The number of nitrogen functional groups attached to an aromatic ring is 1. The maximum absolute atomic E-state index is 11.2. The quantitative estimate of drug-likeness (QED) is 0.784. The summed E-state index contributed by atoms with van der Waals surface area (Å²) in [4.78, 5) is 18.3. The van der Waals surface area contributed by atoms with E-state index in [2.05, 4.69) is 28.9 Å². The molecule has 6 nitrogen and oxygen atoms in total. The van der Waals surface area contributed by atoms with E-state index in [1.807, 2.05) is 6.07 Å². The fourth-order valence-corrected chi connectivity index (χ4v) is 2.66. The van der Waals surface area contributed by atoms with Gasteiger partial charge in [0, 0.05) is 25.2 Å². The van der Waals surface area contributed by atoms with Crippen LogP contribution in [0.1, 0.15) is 6.42 Å². The molecule has 3 N–H and O–H groups in total. The van der Waals surface area contributed by atoms with Gasteiger partial charge < -0.3 is 20.0 Å². The third-order valence-corrected chi connectivity index (χ3v) is 3.80. The van der Waals surface area contributed by atoms with Crippen molar-refractivity contribution >= 4 is 22.5 Å². The van der Waals surface area contributed by atoms with Gasteiger partial charge in [-0.25, -0.2) is 4.79 Å². The van der Waals surface area contributed by atoms with Crippen molar-refractivity contribution in [3.05, 3.63) is 22.7 Å². The van der Waals surface area contributed by atoms with Gasteiger partial charge in [-0.2, -0.15) is 0 Å². The molecule has 0 radical (unpaired) electrons. The Labute approximate surface area is 110 Å². The summed E-state index contributed by atoms with van der Waals surface area (Å²) in [6.45, 7) is 1.92. The summed E-state index contributed by atoms with van der Waals surface area (Å²) in [5.41, 5.74) is 8.89. The summed E-state index contributed by atoms with van der Waals surface area (Å²) >= 11 is 0. The third kappa shape index (κ3) is 2.08. The van der Waals surface area contributed by atoms with Crippen LogP contribution in [-0.2, 0) is 0 Å². The third-order valence-electron chi connectivity index (χ3n) is 3.80. The Morgan fingerprint density at radius 2 is 2.26 bits per heavy atom. The Morgan fingerprint density at radius 3 is 2.95 bits per heavy atom. The second-order valence-corrected chi connectivity index (χ2v) is 5.27. The fraction of sp³-hybridized carbons (Fsp3) is 0.462. The molecule has 102 valence electrons. The van der Waals surface area contributed by atoms with E-state index in [1.165, 1.54) is 0 Å². The Kier molecular flexibility index (Phi) is 2.74. The lowest BCUT2D eigenvalue weighted by Gasteiger charge is -2.22. The zero-order chi connectivity index (χ0) is 13.6. The van der Waals surface area contributed by atoms with Gasteiger partial charge in [0.15, 0.2) is 5.58 Å². The number of fused-ring (bicyclic) bond motifs is 1. The lowest BCUT2D eigenvalue weighted by atomic mass is 10.2. The second-order valence-electron chi connectivity index (χ2n) is 5.27. The van der Waals surface area contributed by atoms with Crippen LogP contribution in [0.5, 0.6) is 0 Å². The number of H-pyrrole nitrogens is 1. The van der Waals surface area contributed by atoms with E-state index >= 15 is 0 Å². The summed E-state index contributed by atoms with van der Waals surface area (Å²) in [5.74, 6) is -0.445. The van der Waals surface area contributed by atoms with Crippen molar-refractivity contribution in [3.63, 3.8) is 0 Å². The van der Waals surface area contributed by atoms with Crippen molar-refractivity contribution in [3.8, 4) is 0 Å². The van der Waals surface area contributed by atoms with E-state index in [1.54, 1.807) is 6.07 Å². The number of likely N-dealkylation sites (N-methyl/N-ethyl adjacent to an activating group) is 1. The van der Waals surface area contributed by atoms with Crippen molar-refractivity contribution in [2.24, 2.45) is 0 Å². The van der Waals surface area contributed by atoms with Crippen LogP contribution >= 0.6 is 0 Å². The number of aromatic nitrogens is 1. The minimum absolute atomic E-state index is 0.445. The van der Waals surface area contributed by atoms with Gasteiger partial charge in [-0.15, -0.1) is 0 Å². The summed E-state index contributed by atoms with van der Waals surface area (Å²) < 4.78 is 5.01. The molecule has 0 saturated carbocycles.